The number of nitrogens with one attached hydrogen (secondary N) is 2. The summed E-state index contributed by atoms with van der Waals surface area (Å²) in [5, 5.41) is 9.47. The van der Waals surface area contributed by atoms with E-state index < -0.39 is 0 Å². The van der Waals surface area contributed by atoms with Gasteiger partial charge >= 0.3 is 6.03 Å². The van der Waals surface area contributed by atoms with Gasteiger partial charge in [-0.05, 0) is 37.4 Å². The lowest BCUT2D eigenvalue weighted by Crippen LogP contribution is -2.44. The summed E-state index contributed by atoms with van der Waals surface area (Å²) >= 11 is 1.71. The van der Waals surface area contributed by atoms with Gasteiger partial charge < -0.3 is 19.6 Å². The molecule has 2 aromatic carbocycles. The average Bonchev–Trinajstić information content (AvgIpc) is 3.59. The van der Waals surface area contributed by atoms with E-state index in [9.17, 15) is 4.79 Å². The molecular weight excluding hydrogens is 498 g/mol. The van der Waals surface area contributed by atoms with Crippen molar-refractivity contribution in [2.45, 2.75) is 26.2 Å². The second kappa shape index (κ2) is 9.45. The van der Waals surface area contributed by atoms with E-state index in [1.165, 1.54) is 15.9 Å². The molecule has 4 heterocycles. The van der Waals surface area contributed by atoms with Gasteiger partial charge in [0.15, 0.2) is 10.8 Å². The quantitative estimate of drug-likeness (QED) is 0.301. The fourth-order valence-electron chi connectivity index (χ4n) is 4.58. The van der Waals surface area contributed by atoms with Crippen LogP contribution < -0.4 is 15.5 Å². The van der Waals surface area contributed by atoms with Crippen LogP contribution in [0.25, 0.3) is 26.4 Å². The standard InChI is InChI=1S/C28H31N7O2S/c1-28(2,3)24-16-25(32-37-24)31-26(36)29-19-7-5-18(6-8-19)21-17-35-22-10-9-20(15-23(22)38-27(35)30-21)34-13-11-33(4)12-14-34/h5-10,15-17H,11-14H2,1-4H3,(H2,29,31,32,36). The second-order valence-electron chi connectivity index (χ2n) is 10.8. The van der Waals surface area contributed by atoms with Crippen molar-refractivity contribution in [2.75, 3.05) is 48.8 Å². The van der Waals surface area contributed by atoms with Gasteiger partial charge in [-0.2, -0.15) is 0 Å². The fourth-order valence-corrected chi connectivity index (χ4v) is 5.62. The van der Waals surface area contributed by atoms with E-state index in [2.05, 4.69) is 61.4 Å². The molecule has 196 valence electrons. The number of amides is 2. The van der Waals surface area contributed by atoms with Gasteiger partial charge in [-0.3, -0.25) is 9.72 Å². The smallest absolute Gasteiger partial charge is 0.324 e. The Morgan fingerprint density at radius 2 is 1.76 bits per heavy atom. The molecule has 10 heteroatoms. The first kappa shape index (κ1) is 24.4. The molecule has 6 rings (SSSR count). The molecule has 9 nitrogen and oxygen atoms in total. The largest absolute Gasteiger partial charge is 0.369 e. The van der Waals surface area contributed by atoms with Crippen molar-refractivity contribution in [3.63, 3.8) is 0 Å². The molecule has 2 amide bonds. The van der Waals surface area contributed by atoms with Crippen molar-refractivity contribution >= 4 is 49.7 Å². The molecule has 1 aliphatic rings. The van der Waals surface area contributed by atoms with Gasteiger partial charge in [-0.15, -0.1) is 0 Å². The predicted molar refractivity (Wildman–Crippen MR) is 154 cm³/mol. The van der Waals surface area contributed by atoms with Crippen LogP contribution in [0.3, 0.4) is 0 Å². The van der Waals surface area contributed by atoms with Crippen LogP contribution in [0.4, 0.5) is 22.0 Å². The maximum atomic E-state index is 12.4. The molecule has 38 heavy (non-hydrogen) atoms. The van der Waals surface area contributed by atoms with Crippen LogP contribution in [0.15, 0.2) is 59.3 Å². The number of nitrogens with zero attached hydrogens (tertiary/aromatic N) is 5. The van der Waals surface area contributed by atoms with E-state index in [4.69, 9.17) is 9.51 Å². The zero-order valence-corrected chi connectivity index (χ0v) is 22.8. The average molecular weight is 530 g/mol. The number of rotatable bonds is 4. The van der Waals surface area contributed by atoms with E-state index in [1.807, 2.05) is 45.0 Å². The molecule has 1 saturated heterocycles. The Hall–Kier alpha value is -3.89. The SMILES string of the molecule is CN1CCN(c2ccc3c(c2)sc2nc(-c4ccc(NC(=O)Nc5cc(C(C)(C)C)on5)cc4)cn23)CC1. The Kier molecular flexibility index (Phi) is 6.08. The minimum absolute atomic E-state index is 0.180. The minimum atomic E-state index is -0.378. The molecular formula is C28H31N7O2S. The van der Waals surface area contributed by atoms with Crippen LogP contribution in [-0.4, -0.2) is 58.7 Å². The van der Waals surface area contributed by atoms with E-state index in [1.54, 1.807) is 17.4 Å². The molecule has 3 aromatic heterocycles. The third-order valence-electron chi connectivity index (χ3n) is 6.88. The number of carbonyl (C=O) groups excluding carboxylic acids is 1. The van der Waals surface area contributed by atoms with E-state index in [0.29, 0.717) is 17.3 Å². The van der Waals surface area contributed by atoms with Crippen molar-refractivity contribution in [2.24, 2.45) is 0 Å². The summed E-state index contributed by atoms with van der Waals surface area (Å²) in [5.41, 5.74) is 4.82. The summed E-state index contributed by atoms with van der Waals surface area (Å²) in [6.45, 7) is 10.4. The molecule has 5 aromatic rings. The van der Waals surface area contributed by atoms with Crippen LogP contribution in [0, 0.1) is 0 Å². The van der Waals surface area contributed by atoms with E-state index in [0.717, 1.165) is 42.4 Å². The van der Waals surface area contributed by atoms with E-state index in [-0.39, 0.29) is 11.4 Å². The van der Waals surface area contributed by atoms with Crippen molar-refractivity contribution < 1.29 is 9.32 Å². The van der Waals surface area contributed by atoms with Gasteiger partial charge in [-0.25, -0.2) is 9.78 Å². The highest BCUT2D eigenvalue weighted by Crippen LogP contribution is 2.33. The molecule has 2 N–H and O–H groups in total. The van der Waals surface area contributed by atoms with Crippen LogP contribution in [-0.2, 0) is 5.41 Å². The second-order valence-corrected chi connectivity index (χ2v) is 11.8. The van der Waals surface area contributed by atoms with Gasteiger partial charge in [0, 0.05) is 60.8 Å². The zero-order chi connectivity index (χ0) is 26.4. The first-order valence-electron chi connectivity index (χ1n) is 12.7. The first-order chi connectivity index (χ1) is 18.2. The predicted octanol–water partition coefficient (Wildman–Crippen LogP) is 5.90. The summed E-state index contributed by atoms with van der Waals surface area (Å²) in [6, 6.07) is 15.7. The third kappa shape index (κ3) is 4.84. The lowest BCUT2D eigenvalue weighted by atomic mass is 9.93. The number of thiazole rings is 1. The topological polar surface area (TPSA) is 90.9 Å². The van der Waals surface area contributed by atoms with E-state index >= 15 is 0 Å². The van der Waals surface area contributed by atoms with Crippen molar-refractivity contribution in [3.8, 4) is 11.3 Å². The van der Waals surface area contributed by atoms with Crippen LogP contribution in [0.5, 0.6) is 0 Å². The highest BCUT2D eigenvalue weighted by atomic mass is 32.1. The molecule has 0 unspecified atom stereocenters. The fraction of sp³-hybridized carbons (Fsp3) is 0.321. The number of piperazine rings is 1. The first-order valence-corrected chi connectivity index (χ1v) is 13.6. The van der Waals surface area contributed by atoms with Gasteiger partial charge in [0.05, 0.1) is 15.9 Å². The van der Waals surface area contributed by atoms with Crippen LogP contribution >= 0.6 is 11.3 Å². The number of carbonyl (C=O) groups is 1. The number of anilines is 3. The van der Waals surface area contributed by atoms with Crippen molar-refractivity contribution in [1.82, 2.24) is 19.4 Å². The monoisotopic (exact) mass is 529 g/mol. The molecule has 1 fully saturated rings. The van der Waals surface area contributed by atoms with Crippen molar-refractivity contribution in [1.29, 1.82) is 0 Å². The number of likely N-dealkylation sites (N-methyl/N-ethyl adjacent to an activating group) is 1. The number of hydrogen-bond acceptors (Lipinski definition) is 7. The molecule has 0 bridgehead atoms. The van der Waals surface area contributed by atoms with Gasteiger partial charge in [0.1, 0.15) is 5.76 Å². The number of urea groups is 1. The molecule has 0 saturated carbocycles. The Labute approximate surface area is 225 Å². The summed E-state index contributed by atoms with van der Waals surface area (Å²) in [5.74, 6) is 1.09. The number of fused-ring (bicyclic) bond motifs is 3. The molecule has 0 aliphatic carbocycles. The maximum Gasteiger partial charge on any atom is 0.324 e. The number of aromatic nitrogens is 3. The number of benzene rings is 2. The number of imidazole rings is 1. The normalized spacial score (nSPS) is 14.9. The molecule has 0 atom stereocenters. The summed E-state index contributed by atoms with van der Waals surface area (Å²) in [6.07, 6.45) is 2.08. The summed E-state index contributed by atoms with van der Waals surface area (Å²) in [4.78, 5) is 23.1. The maximum absolute atomic E-state index is 12.4. The number of hydrogen-bond donors (Lipinski definition) is 2. The lowest BCUT2D eigenvalue weighted by Gasteiger charge is -2.34. The Morgan fingerprint density at radius 3 is 2.47 bits per heavy atom. The molecule has 0 spiro atoms. The summed E-state index contributed by atoms with van der Waals surface area (Å²) < 4.78 is 8.72. The zero-order valence-electron chi connectivity index (χ0n) is 22.0. The Bertz CT molecular complexity index is 1600. The Balaban J connectivity index is 1.14. The van der Waals surface area contributed by atoms with Gasteiger partial charge in [0.25, 0.3) is 0 Å². The van der Waals surface area contributed by atoms with Crippen LogP contribution in [0.1, 0.15) is 26.5 Å². The van der Waals surface area contributed by atoms with Gasteiger partial charge in [0.2, 0.25) is 0 Å². The molecule has 1 aliphatic heterocycles. The molecule has 0 radical (unpaired) electrons. The van der Waals surface area contributed by atoms with Gasteiger partial charge in [-0.1, -0.05) is 49.4 Å². The van der Waals surface area contributed by atoms with Crippen molar-refractivity contribution in [3.05, 3.63) is 60.5 Å². The third-order valence-corrected chi connectivity index (χ3v) is 7.89. The minimum Gasteiger partial charge on any atom is -0.369 e. The van der Waals surface area contributed by atoms with Crippen LogP contribution in [0.2, 0.25) is 0 Å². The highest BCUT2D eigenvalue weighted by Gasteiger charge is 2.20. The highest BCUT2D eigenvalue weighted by molar-refractivity contribution is 7.23. The summed E-state index contributed by atoms with van der Waals surface area (Å²) in [7, 11) is 2.18. The lowest BCUT2D eigenvalue weighted by molar-refractivity contribution is 0.262. The Morgan fingerprint density at radius 1 is 1.00 bits per heavy atom.